The molecule has 0 atom stereocenters. The van der Waals surface area contributed by atoms with Crippen LogP contribution in [-0.2, 0) is 6.54 Å². The predicted octanol–water partition coefficient (Wildman–Crippen LogP) is 5.44. The Hall–Kier alpha value is -1.55. The molecule has 0 bridgehead atoms. The number of pyridine rings is 1. The predicted molar refractivity (Wildman–Crippen MR) is 103 cm³/mol. The van der Waals surface area contributed by atoms with Crippen LogP contribution >= 0.6 is 15.9 Å². The number of halogens is 1. The van der Waals surface area contributed by atoms with E-state index >= 15 is 0 Å². The van der Waals surface area contributed by atoms with Crippen molar-refractivity contribution in [3.63, 3.8) is 0 Å². The molecule has 128 valence electrons. The van der Waals surface area contributed by atoms with Gasteiger partial charge in [0.25, 0.3) is 0 Å². The van der Waals surface area contributed by atoms with Crippen LogP contribution in [0, 0.1) is 5.92 Å². The molecule has 0 saturated heterocycles. The van der Waals surface area contributed by atoms with Crippen molar-refractivity contribution in [3.8, 4) is 5.75 Å². The lowest BCUT2D eigenvalue weighted by molar-refractivity contribution is 0.250. The summed E-state index contributed by atoms with van der Waals surface area (Å²) in [5, 5.41) is 0. The summed E-state index contributed by atoms with van der Waals surface area (Å²) >= 11 is 3.59. The van der Waals surface area contributed by atoms with Crippen LogP contribution in [0.3, 0.4) is 0 Å². The molecule has 0 N–H and O–H groups in total. The van der Waals surface area contributed by atoms with E-state index < -0.39 is 0 Å². The van der Waals surface area contributed by atoms with Crippen LogP contribution in [0.2, 0.25) is 0 Å². The summed E-state index contributed by atoms with van der Waals surface area (Å²) in [6.45, 7) is 4.70. The summed E-state index contributed by atoms with van der Waals surface area (Å²) in [6, 6.07) is 12.3. The van der Waals surface area contributed by atoms with Crippen LogP contribution in [0.15, 0.2) is 47.1 Å². The van der Waals surface area contributed by atoms with Gasteiger partial charge in [0.2, 0.25) is 0 Å². The van der Waals surface area contributed by atoms with Gasteiger partial charge in [-0.3, -0.25) is 0 Å². The third-order valence-electron chi connectivity index (χ3n) is 4.69. The number of anilines is 1. The molecule has 0 unspecified atom stereocenters. The van der Waals surface area contributed by atoms with Gasteiger partial charge < -0.3 is 9.64 Å². The number of aromatic nitrogens is 1. The second-order valence-corrected chi connectivity index (χ2v) is 7.33. The standard InChI is InChI=1S/C20H25BrN2O/c1-2-23(20-9-5-6-12-22-20)14-17-13-18(21)10-11-19(17)24-15-16-7-3-4-8-16/h5-6,9-13,16H,2-4,7-8,14-15H2,1H3. The highest BCUT2D eigenvalue weighted by atomic mass is 79.9. The summed E-state index contributed by atoms with van der Waals surface area (Å²) in [5.41, 5.74) is 1.20. The van der Waals surface area contributed by atoms with Gasteiger partial charge in [-0.1, -0.05) is 34.8 Å². The Bertz CT molecular complexity index is 641. The molecule has 1 aliphatic carbocycles. The highest BCUT2D eigenvalue weighted by Gasteiger charge is 2.17. The summed E-state index contributed by atoms with van der Waals surface area (Å²) in [4.78, 5) is 6.75. The molecule has 3 nitrogen and oxygen atoms in total. The van der Waals surface area contributed by atoms with Crippen molar-refractivity contribution in [1.29, 1.82) is 0 Å². The van der Waals surface area contributed by atoms with E-state index in [2.05, 4.69) is 57.0 Å². The molecule has 0 spiro atoms. The number of hydrogen-bond donors (Lipinski definition) is 0. The second-order valence-electron chi connectivity index (χ2n) is 6.42. The van der Waals surface area contributed by atoms with E-state index in [1.54, 1.807) is 0 Å². The maximum atomic E-state index is 6.19. The first-order valence-corrected chi connectivity index (χ1v) is 9.62. The molecule has 0 radical (unpaired) electrons. The average molecular weight is 389 g/mol. The van der Waals surface area contributed by atoms with Crippen LogP contribution in [0.5, 0.6) is 5.75 Å². The van der Waals surface area contributed by atoms with Gasteiger partial charge in [0.05, 0.1) is 6.61 Å². The van der Waals surface area contributed by atoms with Crippen LogP contribution in [0.4, 0.5) is 5.82 Å². The van der Waals surface area contributed by atoms with Crippen molar-refractivity contribution in [3.05, 3.63) is 52.6 Å². The minimum Gasteiger partial charge on any atom is -0.493 e. The third-order valence-corrected chi connectivity index (χ3v) is 5.18. The Morgan fingerprint density at radius 1 is 1.21 bits per heavy atom. The fraction of sp³-hybridized carbons (Fsp3) is 0.450. The van der Waals surface area contributed by atoms with Crippen molar-refractivity contribution in [2.75, 3.05) is 18.1 Å². The smallest absolute Gasteiger partial charge is 0.128 e. The normalized spacial score (nSPS) is 14.8. The molecule has 4 heteroatoms. The largest absolute Gasteiger partial charge is 0.493 e. The second kappa shape index (κ2) is 8.52. The van der Waals surface area contributed by atoms with Gasteiger partial charge in [0, 0.05) is 29.3 Å². The molecule has 0 amide bonds. The first-order valence-electron chi connectivity index (χ1n) is 8.83. The number of ether oxygens (including phenoxy) is 1. The Balaban J connectivity index is 1.74. The van der Waals surface area contributed by atoms with Crippen LogP contribution < -0.4 is 9.64 Å². The van der Waals surface area contributed by atoms with E-state index in [9.17, 15) is 0 Å². The van der Waals surface area contributed by atoms with Gasteiger partial charge in [-0.2, -0.15) is 0 Å². The third kappa shape index (κ3) is 4.50. The SMILES string of the molecule is CCN(Cc1cc(Br)ccc1OCC1CCCC1)c1ccccn1. The van der Waals surface area contributed by atoms with E-state index in [4.69, 9.17) is 4.74 Å². The molecule has 1 aliphatic rings. The van der Waals surface area contributed by atoms with E-state index in [0.717, 1.165) is 41.7 Å². The van der Waals surface area contributed by atoms with Gasteiger partial charge in [0.1, 0.15) is 11.6 Å². The number of nitrogens with zero attached hydrogens (tertiary/aromatic N) is 2. The van der Waals surface area contributed by atoms with Crippen molar-refractivity contribution in [1.82, 2.24) is 4.98 Å². The fourth-order valence-electron chi connectivity index (χ4n) is 3.30. The zero-order valence-electron chi connectivity index (χ0n) is 14.2. The van der Waals surface area contributed by atoms with Crippen molar-refractivity contribution < 1.29 is 4.74 Å². The summed E-state index contributed by atoms with van der Waals surface area (Å²) in [5.74, 6) is 2.72. The van der Waals surface area contributed by atoms with Gasteiger partial charge in [-0.15, -0.1) is 0 Å². The Kier molecular flexibility index (Phi) is 6.13. The van der Waals surface area contributed by atoms with Gasteiger partial charge in [-0.05, 0) is 56.0 Å². The van der Waals surface area contributed by atoms with Crippen LogP contribution in [0.1, 0.15) is 38.2 Å². The van der Waals surface area contributed by atoms with E-state index in [1.807, 2.05) is 18.3 Å². The highest BCUT2D eigenvalue weighted by molar-refractivity contribution is 9.10. The topological polar surface area (TPSA) is 25.4 Å². The first kappa shape index (κ1) is 17.3. The van der Waals surface area contributed by atoms with E-state index in [0.29, 0.717) is 0 Å². The molecule has 24 heavy (non-hydrogen) atoms. The van der Waals surface area contributed by atoms with Gasteiger partial charge in [0.15, 0.2) is 0 Å². The minimum absolute atomic E-state index is 0.722. The van der Waals surface area contributed by atoms with E-state index in [-0.39, 0.29) is 0 Å². The first-order chi connectivity index (χ1) is 11.8. The summed E-state index contributed by atoms with van der Waals surface area (Å²) < 4.78 is 7.28. The van der Waals surface area contributed by atoms with Crippen LogP contribution in [-0.4, -0.2) is 18.1 Å². The summed E-state index contributed by atoms with van der Waals surface area (Å²) in [6.07, 6.45) is 7.16. The monoisotopic (exact) mass is 388 g/mol. The minimum atomic E-state index is 0.722. The van der Waals surface area contributed by atoms with Gasteiger partial charge >= 0.3 is 0 Å². The number of hydrogen-bond acceptors (Lipinski definition) is 3. The molecule has 2 aromatic rings. The zero-order valence-corrected chi connectivity index (χ0v) is 15.8. The molecular weight excluding hydrogens is 364 g/mol. The van der Waals surface area contributed by atoms with Gasteiger partial charge in [-0.25, -0.2) is 4.98 Å². The van der Waals surface area contributed by atoms with Crippen molar-refractivity contribution in [2.24, 2.45) is 5.92 Å². The molecule has 1 aromatic carbocycles. The zero-order chi connectivity index (χ0) is 16.8. The maximum Gasteiger partial charge on any atom is 0.128 e. The fourth-order valence-corrected chi connectivity index (χ4v) is 3.71. The van der Waals surface area contributed by atoms with Crippen LogP contribution in [0.25, 0.3) is 0 Å². The lowest BCUT2D eigenvalue weighted by Crippen LogP contribution is -2.23. The Morgan fingerprint density at radius 3 is 2.75 bits per heavy atom. The average Bonchev–Trinajstić information content (AvgIpc) is 3.13. The molecule has 1 heterocycles. The Morgan fingerprint density at radius 2 is 2.04 bits per heavy atom. The molecule has 1 fully saturated rings. The van der Waals surface area contributed by atoms with E-state index in [1.165, 1.54) is 31.2 Å². The molecule has 3 rings (SSSR count). The lowest BCUT2D eigenvalue weighted by atomic mass is 10.1. The van der Waals surface area contributed by atoms with Crippen molar-refractivity contribution >= 4 is 21.7 Å². The highest BCUT2D eigenvalue weighted by Crippen LogP contribution is 2.29. The molecular formula is C20H25BrN2O. The molecule has 0 aliphatic heterocycles. The Labute approximate surface area is 153 Å². The molecule has 1 aromatic heterocycles. The number of rotatable bonds is 7. The lowest BCUT2D eigenvalue weighted by Gasteiger charge is -2.24. The maximum absolute atomic E-state index is 6.19. The summed E-state index contributed by atoms with van der Waals surface area (Å²) in [7, 11) is 0. The number of benzene rings is 1. The van der Waals surface area contributed by atoms with Crippen molar-refractivity contribution in [2.45, 2.75) is 39.2 Å². The molecule has 1 saturated carbocycles. The quantitative estimate of drug-likeness (QED) is 0.631.